The summed E-state index contributed by atoms with van der Waals surface area (Å²) in [5.41, 5.74) is 3.71. The van der Waals surface area contributed by atoms with E-state index in [1.807, 2.05) is 0 Å². The Morgan fingerprint density at radius 2 is 2.00 bits per heavy atom. The number of alkyl halides is 3. The molecule has 0 bridgehead atoms. The molecule has 0 spiro atoms. The van der Waals surface area contributed by atoms with Crippen LogP contribution in [-0.4, -0.2) is 0 Å². The summed E-state index contributed by atoms with van der Waals surface area (Å²) < 4.78 is 38.1. The summed E-state index contributed by atoms with van der Waals surface area (Å²) in [7, 11) is 0. The summed E-state index contributed by atoms with van der Waals surface area (Å²) in [6.45, 7) is 3.92. The molecule has 1 aromatic rings. The number of nitrogens with one attached hydrogen (secondary N) is 1. The van der Waals surface area contributed by atoms with Crippen molar-refractivity contribution < 1.29 is 13.2 Å². The zero-order valence-electron chi connectivity index (χ0n) is 11.8. The number of aryl methyl sites for hydroxylation is 1. The first-order chi connectivity index (χ1) is 9.32. The molecule has 5 heteroatoms. The molecule has 0 aliphatic heterocycles. The van der Waals surface area contributed by atoms with Gasteiger partial charge in [0.05, 0.1) is 5.56 Å². The number of hydrogen-bond donors (Lipinski definition) is 2. The van der Waals surface area contributed by atoms with E-state index in [9.17, 15) is 13.2 Å². The van der Waals surface area contributed by atoms with Gasteiger partial charge in [0.15, 0.2) is 0 Å². The SMILES string of the molecule is Cc1cc(C(F)(F)F)ccc1C(NN)C1CCC(C)C1. The van der Waals surface area contributed by atoms with E-state index < -0.39 is 11.7 Å². The third kappa shape index (κ3) is 3.15. The minimum Gasteiger partial charge on any atom is -0.271 e. The highest BCUT2D eigenvalue weighted by Crippen LogP contribution is 2.40. The number of hydrogen-bond acceptors (Lipinski definition) is 2. The Bertz CT molecular complexity index is 471. The second-order valence-electron chi connectivity index (χ2n) is 5.89. The van der Waals surface area contributed by atoms with E-state index in [4.69, 9.17) is 5.84 Å². The standard InChI is InChI=1S/C15H21F3N2/c1-9-3-4-11(7-9)14(20-19)13-6-5-12(8-10(13)2)15(16,17)18/h5-6,8-9,11,14,20H,3-4,7,19H2,1-2H3. The van der Waals surface area contributed by atoms with Gasteiger partial charge in [-0.3, -0.25) is 11.3 Å². The van der Waals surface area contributed by atoms with Gasteiger partial charge in [-0.15, -0.1) is 0 Å². The van der Waals surface area contributed by atoms with Crippen molar-refractivity contribution in [3.05, 3.63) is 34.9 Å². The molecule has 0 saturated heterocycles. The minimum atomic E-state index is -4.29. The van der Waals surface area contributed by atoms with Crippen LogP contribution >= 0.6 is 0 Å². The summed E-state index contributed by atoms with van der Waals surface area (Å²) in [4.78, 5) is 0. The Kier molecular flexibility index (Phi) is 4.39. The van der Waals surface area contributed by atoms with Crippen LogP contribution in [0.5, 0.6) is 0 Å². The van der Waals surface area contributed by atoms with Gasteiger partial charge in [-0.2, -0.15) is 13.2 Å². The van der Waals surface area contributed by atoms with Crippen molar-refractivity contribution in [2.45, 2.75) is 45.3 Å². The summed E-state index contributed by atoms with van der Waals surface area (Å²) in [6.07, 6.45) is -1.01. The van der Waals surface area contributed by atoms with E-state index in [2.05, 4.69) is 12.3 Å². The maximum Gasteiger partial charge on any atom is 0.416 e. The Labute approximate surface area is 117 Å². The lowest BCUT2D eigenvalue weighted by atomic mass is 9.88. The lowest BCUT2D eigenvalue weighted by Gasteiger charge is -2.25. The second kappa shape index (κ2) is 5.74. The van der Waals surface area contributed by atoms with Crippen molar-refractivity contribution in [2.24, 2.45) is 17.7 Å². The van der Waals surface area contributed by atoms with Crippen LogP contribution in [0.25, 0.3) is 0 Å². The number of hydrazine groups is 1. The third-order valence-corrected chi connectivity index (χ3v) is 4.32. The van der Waals surface area contributed by atoms with Gasteiger partial charge in [-0.1, -0.05) is 19.4 Å². The summed E-state index contributed by atoms with van der Waals surface area (Å²) >= 11 is 0. The normalized spacial score (nSPS) is 24.9. The van der Waals surface area contributed by atoms with Crippen molar-refractivity contribution in [3.8, 4) is 0 Å². The molecule has 1 aliphatic rings. The average Bonchev–Trinajstić information content (AvgIpc) is 2.77. The first-order valence-electron chi connectivity index (χ1n) is 6.96. The van der Waals surface area contributed by atoms with Gasteiger partial charge in [0, 0.05) is 6.04 Å². The Balaban J connectivity index is 2.27. The maximum absolute atomic E-state index is 12.7. The van der Waals surface area contributed by atoms with Crippen LogP contribution in [0.2, 0.25) is 0 Å². The molecule has 3 atom stereocenters. The molecule has 112 valence electrons. The van der Waals surface area contributed by atoms with E-state index in [0.717, 1.165) is 30.9 Å². The fraction of sp³-hybridized carbons (Fsp3) is 0.600. The lowest BCUT2D eigenvalue weighted by Crippen LogP contribution is -2.33. The average molecular weight is 286 g/mol. The fourth-order valence-electron chi connectivity index (χ4n) is 3.23. The Morgan fingerprint density at radius 3 is 2.45 bits per heavy atom. The largest absolute Gasteiger partial charge is 0.416 e. The van der Waals surface area contributed by atoms with Gasteiger partial charge in [-0.25, -0.2) is 0 Å². The summed E-state index contributed by atoms with van der Waals surface area (Å²) in [5, 5.41) is 0. The first kappa shape index (κ1) is 15.3. The fourth-order valence-corrected chi connectivity index (χ4v) is 3.23. The number of nitrogens with two attached hydrogens (primary N) is 1. The first-order valence-corrected chi connectivity index (χ1v) is 6.96. The van der Waals surface area contributed by atoms with E-state index in [1.165, 1.54) is 6.07 Å². The predicted molar refractivity (Wildman–Crippen MR) is 72.8 cm³/mol. The smallest absolute Gasteiger partial charge is 0.271 e. The minimum absolute atomic E-state index is 0.0674. The van der Waals surface area contributed by atoms with E-state index in [1.54, 1.807) is 13.0 Å². The molecule has 2 nitrogen and oxygen atoms in total. The van der Waals surface area contributed by atoms with Gasteiger partial charge in [-0.05, 0) is 54.9 Å². The molecule has 3 unspecified atom stereocenters. The molecule has 1 fully saturated rings. The van der Waals surface area contributed by atoms with E-state index in [-0.39, 0.29) is 6.04 Å². The molecule has 0 radical (unpaired) electrons. The van der Waals surface area contributed by atoms with Crippen LogP contribution in [0.1, 0.15) is 48.9 Å². The van der Waals surface area contributed by atoms with Crippen molar-refractivity contribution in [2.75, 3.05) is 0 Å². The topological polar surface area (TPSA) is 38.0 Å². The van der Waals surface area contributed by atoms with Gasteiger partial charge < -0.3 is 0 Å². The molecule has 2 rings (SSSR count). The van der Waals surface area contributed by atoms with Crippen molar-refractivity contribution >= 4 is 0 Å². The molecular weight excluding hydrogens is 265 g/mol. The molecule has 3 N–H and O–H groups in total. The van der Waals surface area contributed by atoms with Crippen LogP contribution in [0, 0.1) is 18.8 Å². The molecule has 20 heavy (non-hydrogen) atoms. The second-order valence-corrected chi connectivity index (χ2v) is 5.89. The number of benzene rings is 1. The van der Waals surface area contributed by atoms with Crippen LogP contribution in [-0.2, 0) is 6.18 Å². The highest BCUT2D eigenvalue weighted by atomic mass is 19.4. The molecule has 0 amide bonds. The molecule has 1 aromatic carbocycles. The zero-order chi connectivity index (χ0) is 14.9. The van der Waals surface area contributed by atoms with Gasteiger partial charge in [0.2, 0.25) is 0 Å². The van der Waals surface area contributed by atoms with Crippen molar-refractivity contribution in [1.29, 1.82) is 0 Å². The van der Waals surface area contributed by atoms with Gasteiger partial charge in [0.25, 0.3) is 0 Å². The van der Waals surface area contributed by atoms with Crippen LogP contribution in [0.15, 0.2) is 18.2 Å². The molecule has 1 saturated carbocycles. The highest BCUT2D eigenvalue weighted by molar-refractivity contribution is 5.35. The molecule has 1 aliphatic carbocycles. The quantitative estimate of drug-likeness (QED) is 0.652. The third-order valence-electron chi connectivity index (χ3n) is 4.32. The molecular formula is C15H21F3N2. The maximum atomic E-state index is 12.7. The predicted octanol–water partition coefficient (Wildman–Crippen LogP) is 3.95. The van der Waals surface area contributed by atoms with Crippen molar-refractivity contribution in [3.63, 3.8) is 0 Å². The van der Waals surface area contributed by atoms with Crippen LogP contribution < -0.4 is 11.3 Å². The Hall–Kier alpha value is -1.07. The van der Waals surface area contributed by atoms with Gasteiger partial charge in [0.1, 0.15) is 0 Å². The van der Waals surface area contributed by atoms with Crippen molar-refractivity contribution in [1.82, 2.24) is 5.43 Å². The zero-order valence-corrected chi connectivity index (χ0v) is 11.8. The number of halogens is 3. The van der Waals surface area contributed by atoms with Crippen LogP contribution in [0.3, 0.4) is 0 Å². The summed E-state index contributed by atoms with van der Waals surface area (Å²) in [5.74, 6) is 6.70. The molecule has 0 heterocycles. The monoisotopic (exact) mass is 286 g/mol. The van der Waals surface area contributed by atoms with Crippen LogP contribution in [0.4, 0.5) is 13.2 Å². The number of rotatable bonds is 3. The molecule has 0 aromatic heterocycles. The van der Waals surface area contributed by atoms with Gasteiger partial charge >= 0.3 is 6.18 Å². The lowest BCUT2D eigenvalue weighted by molar-refractivity contribution is -0.137. The summed E-state index contributed by atoms with van der Waals surface area (Å²) in [6, 6.07) is 3.84. The van der Waals surface area contributed by atoms with E-state index in [0.29, 0.717) is 17.4 Å². The highest BCUT2D eigenvalue weighted by Gasteiger charge is 2.33. The van der Waals surface area contributed by atoms with E-state index >= 15 is 0 Å². The Morgan fingerprint density at radius 1 is 1.30 bits per heavy atom.